The fraction of sp³-hybridized carbons (Fsp3) is 0.231. The number of nitrogens with zero attached hydrogens (tertiary/aromatic N) is 3. The highest BCUT2D eigenvalue weighted by molar-refractivity contribution is 5.73. The van der Waals surface area contributed by atoms with Gasteiger partial charge in [-0.25, -0.2) is 0 Å². The van der Waals surface area contributed by atoms with E-state index in [1.165, 1.54) is 4.80 Å². The van der Waals surface area contributed by atoms with Crippen molar-refractivity contribution in [3.8, 4) is 0 Å². The molecule has 2 aromatic rings. The molecule has 1 aromatic heterocycles. The molecule has 0 spiro atoms. The zero-order valence-corrected chi connectivity index (χ0v) is 9.49. The van der Waals surface area contributed by atoms with Crippen molar-refractivity contribution in [2.45, 2.75) is 12.6 Å². The Hall–Kier alpha value is -1.94. The summed E-state index contributed by atoms with van der Waals surface area (Å²) < 4.78 is 0. The average Bonchev–Trinajstić information content (AvgIpc) is 2.77. The molecule has 2 atom stereocenters. The fourth-order valence-electron chi connectivity index (χ4n) is 1.99. The second-order valence-corrected chi connectivity index (χ2v) is 4.29. The number of rotatable bonds is 1. The SMILES string of the molecule is CC1C=CC=CC1(O)n1nc2ccccc2n1. The molecule has 86 valence electrons. The van der Waals surface area contributed by atoms with Crippen LogP contribution >= 0.6 is 0 Å². The maximum Gasteiger partial charge on any atom is 0.202 e. The van der Waals surface area contributed by atoms with Crippen LogP contribution in [0.1, 0.15) is 6.92 Å². The van der Waals surface area contributed by atoms with Crippen molar-refractivity contribution in [2.24, 2.45) is 5.92 Å². The lowest BCUT2D eigenvalue weighted by molar-refractivity contribution is -0.0453. The van der Waals surface area contributed by atoms with Gasteiger partial charge in [0.25, 0.3) is 0 Å². The molecule has 2 unspecified atom stereocenters. The van der Waals surface area contributed by atoms with Crippen LogP contribution in [-0.2, 0) is 5.72 Å². The molecule has 1 N–H and O–H groups in total. The Labute approximate surface area is 98.9 Å². The molecule has 0 aliphatic heterocycles. The number of fused-ring (bicyclic) bond motifs is 1. The van der Waals surface area contributed by atoms with Gasteiger partial charge >= 0.3 is 0 Å². The molecule has 0 bridgehead atoms. The third-order valence-electron chi connectivity index (χ3n) is 3.13. The summed E-state index contributed by atoms with van der Waals surface area (Å²) in [5, 5.41) is 19.3. The Morgan fingerprint density at radius 3 is 2.41 bits per heavy atom. The minimum atomic E-state index is -1.17. The predicted octanol–water partition coefficient (Wildman–Crippen LogP) is 1.84. The van der Waals surface area contributed by atoms with E-state index in [0.29, 0.717) is 0 Å². The summed E-state index contributed by atoms with van der Waals surface area (Å²) in [5.41, 5.74) is 0.403. The van der Waals surface area contributed by atoms with Crippen LogP contribution in [-0.4, -0.2) is 20.1 Å². The van der Waals surface area contributed by atoms with Crippen LogP contribution in [0.3, 0.4) is 0 Å². The Morgan fingerprint density at radius 2 is 1.82 bits per heavy atom. The molecule has 17 heavy (non-hydrogen) atoms. The molecule has 1 aliphatic rings. The van der Waals surface area contributed by atoms with Gasteiger partial charge in [0.1, 0.15) is 11.0 Å². The Bertz CT molecular complexity index is 581. The molecule has 1 heterocycles. The summed E-state index contributed by atoms with van der Waals surface area (Å²) in [6, 6.07) is 7.58. The minimum Gasteiger partial charge on any atom is -0.364 e. The third kappa shape index (κ3) is 1.49. The lowest BCUT2D eigenvalue weighted by Gasteiger charge is -2.29. The van der Waals surface area contributed by atoms with Gasteiger partial charge in [-0.15, -0.1) is 4.80 Å². The highest BCUT2D eigenvalue weighted by atomic mass is 16.3. The summed E-state index contributed by atoms with van der Waals surface area (Å²) in [5.74, 6) is -0.0608. The maximum absolute atomic E-state index is 10.6. The first-order chi connectivity index (χ1) is 8.20. The average molecular weight is 227 g/mol. The quantitative estimate of drug-likeness (QED) is 0.808. The van der Waals surface area contributed by atoms with Gasteiger partial charge in [-0.3, -0.25) is 0 Å². The summed E-state index contributed by atoms with van der Waals surface area (Å²) >= 11 is 0. The van der Waals surface area contributed by atoms with E-state index in [2.05, 4.69) is 10.2 Å². The summed E-state index contributed by atoms with van der Waals surface area (Å²) in [7, 11) is 0. The number of hydrogen-bond acceptors (Lipinski definition) is 3. The van der Waals surface area contributed by atoms with E-state index in [1.54, 1.807) is 6.08 Å². The van der Waals surface area contributed by atoms with E-state index in [9.17, 15) is 5.11 Å². The number of allylic oxidation sites excluding steroid dienone is 2. The van der Waals surface area contributed by atoms with Crippen LogP contribution in [0.2, 0.25) is 0 Å². The van der Waals surface area contributed by atoms with E-state index >= 15 is 0 Å². The van der Waals surface area contributed by atoms with Gasteiger partial charge in [0.05, 0.1) is 0 Å². The predicted molar refractivity (Wildman–Crippen MR) is 65.2 cm³/mol. The molecule has 1 aliphatic carbocycles. The molecule has 0 fully saturated rings. The molecule has 3 rings (SSSR count). The van der Waals surface area contributed by atoms with E-state index in [4.69, 9.17) is 0 Å². The lowest BCUT2D eigenvalue weighted by Crippen LogP contribution is -2.40. The van der Waals surface area contributed by atoms with Crippen molar-refractivity contribution < 1.29 is 5.11 Å². The molecular weight excluding hydrogens is 214 g/mol. The van der Waals surface area contributed by atoms with E-state index in [-0.39, 0.29) is 5.92 Å². The summed E-state index contributed by atoms with van der Waals surface area (Å²) in [4.78, 5) is 1.39. The number of aliphatic hydroxyl groups is 1. The van der Waals surface area contributed by atoms with Crippen molar-refractivity contribution in [2.75, 3.05) is 0 Å². The lowest BCUT2D eigenvalue weighted by atomic mass is 9.93. The van der Waals surface area contributed by atoms with Gasteiger partial charge < -0.3 is 5.11 Å². The topological polar surface area (TPSA) is 50.9 Å². The van der Waals surface area contributed by atoms with Gasteiger partial charge in [0.15, 0.2) is 0 Å². The van der Waals surface area contributed by atoms with Crippen LogP contribution in [0.15, 0.2) is 48.6 Å². The van der Waals surface area contributed by atoms with Crippen LogP contribution in [0.4, 0.5) is 0 Å². The summed E-state index contributed by atoms with van der Waals surface area (Å²) in [6.07, 6.45) is 7.39. The number of aromatic nitrogens is 3. The van der Waals surface area contributed by atoms with Crippen molar-refractivity contribution in [1.82, 2.24) is 15.0 Å². The smallest absolute Gasteiger partial charge is 0.202 e. The number of benzene rings is 1. The highest BCUT2D eigenvalue weighted by Gasteiger charge is 2.35. The van der Waals surface area contributed by atoms with Gasteiger partial charge in [0.2, 0.25) is 5.72 Å². The van der Waals surface area contributed by atoms with E-state index < -0.39 is 5.72 Å². The summed E-state index contributed by atoms with van der Waals surface area (Å²) in [6.45, 7) is 1.94. The zero-order chi connectivity index (χ0) is 11.9. The Kier molecular flexibility index (Phi) is 2.12. The van der Waals surface area contributed by atoms with Crippen LogP contribution in [0.25, 0.3) is 11.0 Å². The second-order valence-electron chi connectivity index (χ2n) is 4.29. The zero-order valence-electron chi connectivity index (χ0n) is 9.49. The molecular formula is C13H13N3O. The third-order valence-corrected chi connectivity index (χ3v) is 3.13. The van der Waals surface area contributed by atoms with E-state index in [1.807, 2.05) is 49.4 Å². The largest absolute Gasteiger partial charge is 0.364 e. The van der Waals surface area contributed by atoms with Gasteiger partial charge in [-0.2, -0.15) is 10.2 Å². The molecule has 4 heteroatoms. The molecule has 0 radical (unpaired) electrons. The Balaban J connectivity index is 2.14. The first-order valence-electron chi connectivity index (χ1n) is 5.61. The van der Waals surface area contributed by atoms with Crippen molar-refractivity contribution in [3.05, 3.63) is 48.6 Å². The second kappa shape index (κ2) is 3.53. The van der Waals surface area contributed by atoms with Crippen LogP contribution < -0.4 is 0 Å². The van der Waals surface area contributed by atoms with Gasteiger partial charge in [-0.05, 0) is 18.2 Å². The van der Waals surface area contributed by atoms with Gasteiger partial charge in [-0.1, -0.05) is 37.3 Å². The van der Waals surface area contributed by atoms with Crippen molar-refractivity contribution in [3.63, 3.8) is 0 Å². The molecule has 0 amide bonds. The van der Waals surface area contributed by atoms with Crippen LogP contribution in [0, 0.1) is 5.92 Å². The molecule has 0 saturated carbocycles. The molecule has 4 nitrogen and oxygen atoms in total. The first-order valence-corrected chi connectivity index (χ1v) is 5.61. The fourth-order valence-corrected chi connectivity index (χ4v) is 1.99. The van der Waals surface area contributed by atoms with Crippen molar-refractivity contribution in [1.29, 1.82) is 0 Å². The first kappa shape index (κ1) is 10.2. The Morgan fingerprint density at radius 1 is 1.18 bits per heavy atom. The molecule has 1 aromatic carbocycles. The maximum atomic E-state index is 10.6. The van der Waals surface area contributed by atoms with Gasteiger partial charge in [0, 0.05) is 5.92 Å². The minimum absolute atomic E-state index is 0.0608. The molecule has 0 saturated heterocycles. The van der Waals surface area contributed by atoms with Crippen molar-refractivity contribution >= 4 is 11.0 Å². The highest BCUT2D eigenvalue weighted by Crippen LogP contribution is 2.28. The number of hydrogen-bond donors (Lipinski definition) is 1. The monoisotopic (exact) mass is 227 g/mol. The van der Waals surface area contributed by atoms with E-state index in [0.717, 1.165) is 11.0 Å². The standard InChI is InChI=1S/C13H13N3O/c1-10-6-4-5-9-13(10,17)16-14-11-7-2-3-8-12(11)15-16/h2-10,17H,1H3. The normalized spacial score (nSPS) is 27.8. The van der Waals surface area contributed by atoms with Crippen LogP contribution in [0.5, 0.6) is 0 Å².